The fraction of sp³-hybridized carbons (Fsp3) is 0. The van der Waals surface area contributed by atoms with Gasteiger partial charge >= 0.3 is 0 Å². The van der Waals surface area contributed by atoms with Gasteiger partial charge in [0.2, 0.25) is 6.71 Å². The lowest BCUT2D eigenvalue weighted by molar-refractivity contribution is 1.70. The van der Waals surface area contributed by atoms with Crippen molar-refractivity contribution in [1.29, 1.82) is 0 Å². The van der Waals surface area contributed by atoms with Gasteiger partial charge in [0.25, 0.3) is 0 Å². The van der Waals surface area contributed by atoms with Crippen LogP contribution < -0.4 is 58.5 Å². The van der Waals surface area contributed by atoms with Crippen molar-refractivity contribution in [2.45, 2.75) is 0 Å². The lowest BCUT2D eigenvalue weighted by Gasteiger charge is -2.48. The van der Waals surface area contributed by atoms with Crippen molar-refractivity contribution in [3.63, 3.8) is 0 Å². The zero-order valence-corrected chi connectivity index (χ0v) is 28.2. The molecule has 0 saturated carbocycles. The molecule has 9 rings (SSSR count). The third kappa shape index (κ3) is 4.15. The van der Waals surface area contributed by atoms with Crippen molar-refractivity contribution in [3.8, 4) is 0 Å². The molecule has 0 aliphatic carbocycles. The molecule has 0 radical (unpaired) electrons. The average molecular weight is 637 g/mol. The Morgan fingerprint density at radius 3 is 1.33 bits per heavy atom. The van der Waals surface area contributed by atoms with Crippen molar-refractivity contribution in [3.05, 3.63) is 188 Å². The second-order valence-corrected chi connectivity index (χ2v) is 22.4. The zero-order chi connectivity index (χ0) is 30.5. The molecule has 0 aromatic heterocycles. The summed E-state index contributed by atoms with van der Waals surface area (Å²) in [6.45, 7) is 0.230. The molecule has 0 amide bonds. The maximum atomic E-state index is 2.51. The van der Waals surface area contributed by atoms with E-state index >= 15 is 0 Å². The van der Waals surface area contributed by atoms with Crippen LogP contribution in [0.5, 0.6) is 0 Å². The summed E-state index contributed by atoms with van der Waals surface area (Å²) in [6.07, 6.45) is 0. The zero-order valence-electron chi connectivity index (χ0n) is 25.4. The maximum absolute atomic E-state index is 2.69. The van der Waals surface area contributed by atoms with Gasteiger partial charge in [0.1, 0.15) is 0 Å². The van der Waals surface area contributed by atoms with Crippen LogP contribution in [0.25, 0.3) is 0 Å². The molecule has 46 heavy (non-hydrogen) atoms. The lowest BCUT2D eigenvalue weighted by atomic mass is 9.36. The van der Waals surface area contributed by atoms with E-state index < -0.39 is 23.1 Å². The second-order valence-electron chi connectivity index (χ2n) is 12.1. The van der Waals surface area contributed by atoms with Gasteiger partial charge in [-0.1, -0.05) is 204 Å². The average Bonchev–Trinajstić information content (AvgIpc) is 3.14. The molecule has 7 aromatic carbocycles. The van der Waals surface area contributed by atoms with Crippen LogP contribution in [-0.4, -0.2) is 14.5 Å². The topological polar surface area (TPSA) is 0 Å². The monoisotopic (exact) mass is 636 g/mol. The summed E-state index contributed by atoms with van der Waals surface area (Å²) in [5.74, 6) is 0. The van der Waals surface area contributed by atoms with Crippen LogP contribution in [0.4, 0.5) is 0 Å². The molecule has 2 aliphatic heterocycles. The van der Waals surface area contributed by atoms with Gasteiger partial charge in [-0.3, -0.25) is 0 Å². The van der Waals surface area contributed by atoms with E-state index in [0.29, 0.717) is 0 Å². The summed E-state index contributed by atoms with van der Waals surface area (Å²) >= 11 is 0. The van der Waals surface area contributed by atoms with Gasteiger partial charge in [-0.05, 0) is 57.5 Å². The van der Waals surface area contributed by atoms with Crippen molar-refractivity contribution in [2.24, 2.45) is 0 Å². The highest BCUT2D eigenvalue weighted by Gasteiger charge is 2.53. The molecule has 0 bridgehead atoms. The molecule has 0 N–H and O–H groups in total. The first kappa shape index (κ1) is 27.9. The van der Waals surface area contributed by atoms with Gasteiger partial charge < -0.3 is 0 Å². The summed E-state index contributed by atoms with van der Waals surface area (Å²) in [5, 5.41) is 12.0. The highest BCUT2D eigenvalue weighted by atomic mass is 31.4. The largest absolute Gasteiger partial charge is 0.244 e. The van der Waals surface area contributed by atoms with Gasteiger partial charge in [0.15, 0.2) is 7.74 Å². The van der Waals surface area contributed by atoms with Crippen LogP contribution in [0.15, 0.2) is 188 Å². The third-order valence-corrected chi connectivity index (χ3v) is 24.0. The molecule has 2 unspecified atom stereocenters. The van der Waals surface area contributed by atoms with Crippen molar-refractivity contribution in [1.82, 2.24) is 0 Å². The second kappa shape index (κ2) is 11.5. The van der Waals surface area contributed by atoms with Crippen LogP contribution >= 0.6 is 15.4 Å². The Morgan fingerprint density at radius 1 is 0.348 bits per heavy atom. The van der Waals surface area contributed by atoms with Gasteiger partial charge in [0.05, 0.1) is 0 Å². The highest BCUT2D eigenvalue weighted by Crippen LogP contribution is 2.46. The Labute approximate surface area is 275 Å². The molecule has 0 fully saturated rings. The van der Waals surface area contributed by atoms with Crippen molar-refractivity contribution in [2.75, 3.05) is 0 Å². The standard InChI is InChI=1S/C42H31BP2Si/c1-5-18-32(19-6-1)44-38-28-15-13-26-36(38)43-37-27-14-16-29-39(37)45(41-31-17-30-40(44)42(41)43)46(33-20-7-2-8-21-33,34-22-9-3-10-23-34)35-24-11-4-12-25-35/h1-31H. The summed E-state index contributed by atoms with van der Waals surface area (Å²) in [4.78, 5) is 0. The molecular weight excluding hydrogens is 605 g/mol. The predicted molar refractivity (Wildman–Crippen MR) is 206 cm³/mol. The first-order chi connectivity index (χ1) is 22.9. The Hall–Kier alpha value is -4.32. The summed E-state index contributed by atoms with van der Waals surface area (Å²) in [6, 6.07) is 72.0. The molecule has 0 spiro atoms. The third-order valence-electron chi connectivity index (χ3n) is 9.73. The Kier molecular flexibility index (Phi) is 6.98. The molecule has 216 valence electrons. The minimum absolute atomic E-state index is 0.230. The van der Waals surface area contributed by atoms with E-state index in [1.54, 1.807) is 10.8 Å². The molecule has 0 saturated heterocycles. The van der Waals surface area contributed by atoms with Crippen LogP contribution in [-0.2, 0) is 0 Å². The first-order valence-electron chi connectivity index (χ1n) is 16.0. The molecule has 4 heteroatoms. The summed E-state index contributed by atoms with van der Waals surface area (Å²) in [5.41, 5.74) is 4.54. The molecule has 2 atom stereocenters. The highest BCUT2D eigenvalue weighted by molar-refractivity contribution is 8.11. The van der Waals surface area contributed by atoms with Crippen LogP contribution in [0.3, 0.4) is 0 Å². The van der Waals surface area contributed by atoms with Gasteiger partial charge in [-0.25, -0.2) is 0 Å². The number of rotatable bonds is 5. The van der Waals surface area contributed by atoms with E-state index in [0.717, 1.165) is 0 Å². The smallest absolute Gasteiger partial charge is 0.0663 e. The van der Waals surface area contributed by atoms with E-state index in [-0.39, 0.29) is 6.71 Å². The minimum Gasteiger partial charge on any atom is -0.0663 e. The van der Waals surface area contributed by atoms with E-state index in [9.17, 15) is 0 Å². The number of fused-ring (bicyclic) bond motifs is 4. The van der Waals surface area contributed by atoms with E-state index in [4.69, 9.17) is 0 Å². The van der Waals surface area contributed by atoms with Crippen molar-refractivity contribution >= 4 is 88.3 Å². The fourth-order valence-corrected chi connectivity index (χ4v) is 24.0. The van der Waals surface area contributed by atoms with Crippen LogP contribution in [0.2, 0.25) is 0 Å². The van der Waals surface area contributed by atoms with Crippen LogP contribution in [0.1, 0.15) is 0 Å². The van der Waals surface area contributed by atoms with Crippen molar-refractivity contribution < 1.29 is 0 Å². The van der Waals surface area contributed by atoms with E-state index in [1.165, 1.54) is 47.7 Å². The van der Waals surface area contributed by atoms with Gasteiger partial charge in [-0.15, -0.1) is 0 Å². The predicted octanol–water partition coefficient (Wildman–Crippen LogP) is 3.69. The number of hydrogen-bond donors (Lipinski definition) is 0. The number of benzene rings is 7. The van der Waals surface area contributed by atoms with E-state index in [2.05, 4.69) is 188 Å². The Balaban J connectivity index is 1.44. The Morgan fingerprint density at radius 2 is 0.761 bits per heavy atom. The number of hydrogen-bond acceptors (Lipinski definition) is 0. The molecule has 2 aliphatic rings. The molecule has 7 aromatic rings. The van der Waals surface area contributed by atoms with E-state index in [1.807, 2.05) is 0 Å². The summed E-state index contributed by atoms with van der Waals surface area (Å²) < 4.78 is 0. The fourth-order valence-electron chi connectivity index (χ4n) is 7.98. The van der Waals surface area contributed by atoms with Gasteiger partial charge in [0, 0.05) is 0 Å². The SMILES string of the molecule is c1ccc(P2c3ccccc3B3c4ccccc4P([Si](c4ccccc4)(c4ccccc4)c4ccccc4)c4cccc2c43)cc1. The Bertz CT molecular complexity index is 2070. The first-order valence-corrected chi connectivity index (χ1v) is 21.5. The molecular formula is C42H31BP2Si. The molecule has 2 heterocycles. The normalized spacial score (nSPS) is 16.2. The quantitative estimate of drug-likeness (QED) is 0.154. The van der Waals surface area contributed by atoms with Crippen LogP contribution in [0, 0.1) is 0 Å². The summed E-state index contributed by atoms with van der Waals surface area (Å²) in [7, 11) is -4.20. The minimum atomic E-state index is -2.69. The lowest BCUT2D eigenvalue weighted by Crippen LogP contribution is -2.77. The van der Waals surface area contributed by atoms with Gasteiger partial charge in [-0.2, -0.15) is 0 Å². The maximum Gasteiger partial charge on any atom is 0.244 e. The molecule has 0 nitrogen and oxygen atoms in total.